The Labute approximate surface area is 171 Å². The predicted molar refractivity (Wildman–Crippen MR) is 112 cm³/mol. The average Bonchev–Trinajstić information content (AvgIpc) is 2.73. The minimum absolute atomic E-state index is 0.513. The first-order valence-corrected chi connectivity index (χ1v) is 12.3. The van der Waals surface area contributed by atoms with E-state index in [1.54, 1.807) is 0 Å². The van der Waals surface area contributed by atoms with Gasteiger partial charge in [-0.3, -0.25) is 0 Å². The monoisotopic (exact) mass is 396 g/mol. The number of allylic oxidation sites excluding steroid dienone is 1. The molecule has 0 N–H and O–H groups in total. The molecule has 0 aromatic carbocycles. The van der Waals surface area contributed by atoms with E-state index in [2.05, 4.69) is 6.92 Å². The summed E-state index contributed by atoms with van der Waals surface area (Å²) in [7, 11) is 0. The lowest BCUT2D eigenvalue weighted by Gasteiger charge is -2.38. The Hall–Kier alpha value is -0.440. The summed E-state index contributed by atoms with van der Waals surface area (Å²) in [5.41, 5.74) is 0. The van der Waals surface area contributed by atoms with Crippen LogP contribution in [0.4, 0.5) is 8.78 Å². The lowest BCUT2D eigenvalue weighted by Crippen LogP contribution is -2.32. The first-order chi connectivity index (χ1) is 13.6. The van der Waals surface area contributed by atoms with Crippen LogP contribution >= 0.6 is 0 Å². The highest BCUT2D eigenvalue weighted by atomic mass is 19.3. The van der Waals surface area contributed by atoms with E-state index < -0.39 is 6.08 Å². The lowest BCUT2D eigenvalue weighted by atomic mass is 9.72. The van der Waals surface area contributed by atoms with Crippen LogP contribution in [0, 0.1) is 29.6 Å². The fourth-order valence-electron chi connectivity index (χ4n) is 6.15. The van der Waals surface area contributed by atoms with Gasteiger partial charge in [0.1, 0.15) is 0 Å². The van der Waals surface area contributed by atoms with Crippen molar-refractivity contribution in [2.75, 3.05) is 6.61 Å². The topological polar surface area (TPSA) is 9.23 Å². The Balaban J connectivity index is 1.27. The van der Waals surface area contributed by atoms with Gasteiger partial charge in [0.25, 0.3) is 6.08 Å². The van der Waals surface area contributed by atoms with Crippen molar-refractivity contribution in [3.8, 4) is 0 Å². The molecular formula is C25H42F2O. The summed E-state index contributed by atoms with van der Waals surface area (Å²) < 4.78 is 30.6. The molecule has 3 fully saturated rings. The Kier molecular flexibility index (Phi) is 9.27. The zero-order chi connectivity index (χ0) is 19.8. The van der Waals surface area contributed by atoms with E-state index in [9.17, 15) is 8.78 Å². The third-order valence-corrected chi connectivity index (χ3v) is 8.28. The van der Waals surface area contributed by atoms with Crippen molar-refractivity contribution in [3.05, 3.63) is 12.2 Å². The second-order valence-electron chi connectivity index (χ2n) is 10.0. The molecule has 0 aromatic heterocycles. The normalized spacial score (nSPS) is 36.8. The SMILES string of the molecule is CCC1CCC(CCC2CCC(C3CCC(CCC=C(F)F)CC3)CO2)CC1. The molecule has 0 amide bonds. The third kappa shape index (κ3) is 7.11. The van der Waals surface area contributed by atoms with E-state index >= 15 is 0 Å². The maximum absolute atomic E-state index is 12.2. The van der Waals surface area contributed by atoms with Gasteiger partial charge in [-0.05, 0) is 87.0 Å². The largest absolute Gasteiger partial charge is 0.378 e. The van der Waals surface area contributed by atoms with Crippen molar-refractivity contribution in [1.29, 1.82) is 0 Å². The first-order valence-electron chi connectivity index (χ1n) is 12.3. The van der Waals surface area contributed by atoms with E-state index in [0.717, 1.165) is 42.8 Å². The predicted octanol–water partition coefficient (Wildman–Crippen LogP) is 8.15. The average molecular weight is 397 g/mol. The van der Waals surface area contributed by atoms with Gasteiger partial charge in [-0.1, -0.05) is 51.9 Å². The van der Waals surface area contributed by atoms with E-state index in [4.69, 9.17) is 4.74 Å². The molecule has 0 radical (unpaired) electrons. The van der Waals surface area contributed by atoms with E-state index in [0.29, 0.717) is 18.4 Å². The number of ether oxygens (including phenoxy) is 1. The molecule has 0 spiro atoms. The van der Waals surface area contributed by atoms with Gasteiger partial charge < -0.3 is 4.74 Å². The van der Waals surface area contributed by atoms with Crippen LogP contribution in [0.5, 0.6) is 0 Å². The van der Waals surface area contributed by atoms with Crippen LogP contribution in [0.1, 0.15) is 103 Å². The summed E-state index contributed by atoms with van der Waals surface area (Å²) in [6.07, 6.45) is 19.0. The van der Waals surface area contributed by atoms with Crippen molar-refractivity contribution in [3.63, 3.8) is 0 Å². The summed E-state index contributed by atoms with van der Waals surface area (Å²) in [5.74, 6) is 4.18. The quantitative estimate of drug-likeness (QED) is 0.402. The maximum Gasteiger partial charge on any atom is 0.266 e. The molecule has 2 aliphatic carbocycles. The van der Waals surface area contributed by atoms with E-state index in [1.165, 1.54) is 83.5 Å². The van der Waals surface area contributed by atoms with Crippen LogP contribution in [0.3, 0.4) is 0 Å². The summed E-state index contributed by atoms with van der Waals surface area (Å²) >= 11 is 0. The molecule has 1 nitrogen and oxygen atoms in total. The van der Waals surface area contributed by atoms with Gasteiger partial charge in [0.15, 0.2) is 0 Å². The molecule has 28 heavy (non-hydrogen) atoms. The van der Waals surface area contributed by atoms with Crippen molar-refractivity contribution in [2.24, 2.45) is 29.6 Å². The molecule has 0 aromatic rings. The molecule has 1 heterocycles. The minimum atomic E-state index is -1.52. The molecule has 2 unspecified atom stereocenters. The fraction of sp³-hybridized carbons (Fsp3) is 0.920. The summed E-state index contributed by atoms with van der Waals surface area (Å²) in [5, 5.41) is 0. The second-order valence-corrected chi connectivity index (χ2v) is 10.0. The molecule has 2 atom stereocenters. The second kappa shape index (κ2) is 11.7. The smallest absolute Gasteiger partial charge is 0.266 e. The number of hydrogen-bond acceptors (Lipinski definition) is 1. The highest BCUT2D eigenvalue weighted by Crippen LogP contribution is 2.40. The molecule has 3 rings (SSSR count). The molecule has 0 bridgehead atoms. The van der Waals surface area contributed by atoms with Crippen molar-refractivity contribution in [2.45, 2.75) is 109 Å². The summed E-state index contributed by atoms with van der Waals surface area (Å²) in [6.45, 7) is 3.31. The van der Waals surface area contributed by atoms with Gasteiger partial charge in [-0.25, -0.2) is 0 Å². The molecule has 2 saturated carbocycles. The molecule has 1 aliphatic heterocycles. The van der Waals surface area contributed by atoms with Crippen LogP contribution in [0.25, 0.3) is 0 Å². The van der Waals surface area contributed by atoms with Gasteiger partial charge in [0.05, 0.1) is 12.7 Å². The fourth-order valence-corrected chi connectivity index (χ4v) is 6.15. The van der Waals surface area contributed by atoms with Crippen molar-refractivity contribution in [1.82, 2.24) is 0 Å². The van der Waals surface area contributed by atoms with Gasteiger partial charge in [0.2, 0.25) is 0 Å². The van der Waals surface area contributed by atoms with Gasteiger partial charge in [-0.15, -0.1) is 0 Å². The van der Waals surface area contributed by atoms with Crippen LogP contribution in [-0.4, -0.2) is 12.7 Å². The summed E-state index contributed by atoms with van der Waals surface area (Å²) in [6, 6.07) is 0. The van der Waals surface area contributed by atoms with Gasteiger partial charge >= 0.3 is 0 Å². The highest BCUT2D eigenvalue weighted by Gasteiger charge is 2.31. The van der Waals surface area contributed by atoms with E-state index in [-0.39, 0.29) is 0 Å². The van der Waals surface area contributed by atoms with Gasteiger partial charge in [-0.2, -0.15) is 8.78 Å². The zero-order valence-corrected chi connectivity index (χ0v) is 18.0. The third-order valence-electron chi connectivity index (χ3n) is 8.28. The van der Waals surface area contributed by atoms with Crippen LogP contribution in [0.15, 0.2) is 12.2 Å². The van der Waals surface area contributed by atoms with Crippen LogP contribution in [-0.2, 0) is 4.74 Å². The number of halogens is 2. The van der Waals surface area contributed by atoms with Crippen LogP contribution < -0.4 is 0 Å². The Morgan fingerprint density at radius 2 is 1.36 bits per heavy atom. The van der Waals surface area contributed by atoms with Crippen molar-refractivity contribution >= 4 is 0 Å². The molecule has 3 heteroatoms. The molecule has 162 valence electrons. The standard InChI is InChI=1S/C25H42F2O/c1-2-19-6-8-21(9-7-19)12-16-24-17-15-23(18-28-24)22-13-10-20(11-14-22)4-3-5-25(26)27/h5,19-24H,2-4,6-18H2,1H3. The molecule has 1 saturated heterocycles. The minimum Gasteiger partial charge on any atom is -0.378 e. The van der Waals surface area contributed by atoms with E-state index in [1.807, 2.05) is 0 Å². The maximum atomic E-state index is 12.2. The molecular weight excluding hydrogens is 354 g/mol. The van der Waals surface area contributed by atoms with Crippen molar-refractivity contribution < 1.29 is 13.5 Å². The first kappa shape index (κ1) is 22.2. The van der Waals surface area contributed by atoms with Gasteiger partial charge in [0, 0.05) is 0 Å². The Morgan fingerprint density at radius 1 is 0.750 bits per heavy atom. The summed E-state index contributed by atoms with van der Waals surface area (Å²) in [4.78, 5) is 0. The lowest BCUT2D eigenvalue weighted by molar-refractivity contribution is -0.0448. The Morgan fingerprint density at radius 3 is 1.96 bits per heavy atom. The molecule has 3 aliphatic rings. The van der Waals surface area contributed by atoms with Crippen LogP contribution in [0.2, 0.25) is 0 Å². The zero-order valence-electron chi connectivity index (χ0n) is 18.0. The highest BCUT2D eigenvalue weighted by molar-refractivity contribution is 4.85. The number of hydrogen-bond donors (Lipinski definition) is 0. The Bertz CT molecular complexity index is 449. The number of rotatable bonds is 8.